The number of carbonyl (C=O) groups excluding carboxylic acids is 1. The SMILES string of the molecule is Cc1ccc(CC(NC(=O)c2ccccc2)P(=O)(O)O)cc1. The van der Waals surface area contributed by atoms with Crippen molar-refractivity contribution in [3.63, 3.8) is 0 Å². The zero-order valence-electron chi connectivity index (χ0n) is 12.1. The number of nitrogens with one attached hydrogen (secondary N) is 1. The van der Waals surface area contributed by atoms with Gasteiger partial charge in [0.1, 0.15) is 5.78 Å². The van der Waals surface area contributed by atoms with Crippen molar-refractivity contribution in [1.29, 1.82) is 0 Å². The lowest BCUT2D eigenvalue weighted by molar-refractivity contribution is 0.0943. The highest BCUT2D eigenvalue weighted by molar-refractivity contribution is 7.52. The van der Waals surface area contributed by atoms with E-state index in [4.69, 9.17) is 0 Å². The fourth-order valence-corrected chi connectivity index (χ4v) is 2.76. The van der Waals surface area contributed by atoms with E-state index in [1.165, 1.54) is 0 Å². The van der Waals surface area contributed by atoms with Crippen molar-refractivity contribution in [3.05, 3.63) is 71.3 Å². The number of amides is 1. The van der Waals surface area contributed by atoms with Crippen molar-refractivity contribution in [1.82, 2.24) is 5.32 Å². The van der Waals surface area contributed by atoms with Crippen LogP contribution < -0.4 is 5.32 Å². The van der Waals surface area contributed by atoms with Gasteiger partial charge in [-0.3, -0.25) is 9.36 Å². The summed E-state index contributed by atoms with van der Waals surface area (Å²) in [5.74, 6) is -1.75. The van der Waals surface area contributed by atoms with Crippen molar-refractivity contribution in [2.24, 2.45) is 0 Å². The lowest BCUT2D eigenvalue weighted by Crippen LogP contribution is -2.36. The molecule has 0 aliphatic carbocycles. The summed E-state index contributed by atoms with van der Waals surface area (Å²) < 4.78 is 11.6. The molecule has 6 heteroatoms. The molecule has 0 aliphatic rings. The smallest absolute Gasteiger partial charge is 0.338 e. The van der Waals surface area contributed by atoms with E-state index in [0.717, 1.165) is 11.1 Å². The minimum absolute atomic E-state index is 0.0726. The number of aryl methyl sites for hydroxylation is 1. The molecule has 2 aromatic carbocycles. The molecule has 0 saturated carbocycles. The van der Waals surface area contributed by atoms with Gasteiger partial charge >= 0.3 is 7.60 Å². The Balaban J connectivity index is 2.15. The van der Waals surface area contributed by atoms with E-state index in [1.807, 2.05) is 19.1 Å². The van der Waals surface area contributed by atoms with Gasteiger partial charge in [0.2, 0.25) is 0 Å². The minimum Gasteiger partial charge on any atom is -0.338 e. The van der Waals surface area contributed by atoms with Crippen LogP contribution in [-0.2, 0) is 11.0 Å². The van der Waals surface area contributed by atoms with Crippen molar-refractivity contribution in [3.8, 4) is 0 Å². The van der Waals surface area contributed by atoms with Gasteiger partial charge in [0.25, 0.3) is 5.91 Å². The normalized spacial score (nSPS) is 12.7. The number of hydrogen-bond acceptors (Lipinski definition) is 2. The fourth-order valence-electron chi connectivity index (χ4n) is 2.03. The van der Waals surface area contributed by atoms with Gasteiger partial charge in [-0.25, -0.2) is 0 Å². The van der Waals surface area contributed by atoms with Crippen LogP contribution in [0.15, 0.2) is 54.6 Å². The first kappa shape index (κ1) is 16.4. The molecular formula is C16H18NO4P. The molecule has 0 heterocycles. The third-order valence-corrected chi connectivity index (χ3v) is 4.41. The molecule has 3 N–H and O–H groups in total. The summed E-state index contributed by atoms with van der Waals surface area (Å²) in [5.41, 5.74) is 2.18. The van der Waals surface area contributed by atoms with Crippen molar-refractivity contribution >= 4 is 13.5 Å². The van der Waals surface area contributed by atoms with Gasteiger partial charge in [-0.1, -0.05) is 48.0 Å². The molecule has 0 spiro atoms. The van der Waals surface area contributed by atoms with E-state index >= 15 is 0 Å². The van der Waals surface area contributed by atoms with E-state index in [2.05, 4.69) is 5.32 Å². The molecule has 116 valence electrons. The molecule has 2 aromatic rings. The number of hydrogen-bond donors (Lipinski definition) is 3. The minimum atomic E-state index is -4.46. The molecule has 0 radical (unpaired) electrons. The average Bonchev–Trinajstić information content (AvgIpc) is 2.48. The van der Waals surface area contributed by atoms with Gasteiger partial charge in [0.05, 0.1) is 0 Å². The molecule has 0 fully saturated rings. The Bertz CT molecular complexity index is 679. The fraction of sp³-hybridized carbons (Fsp3) is 0.188. The summed E-state index contributed by atoms with van der Waals surface area (Å²) in [5, 5.41) is 2.43. The van der Waals surface area contributed by atoms with E-state index < -0.39 is 19.3 Å². The van der Waals surface area contributed by atoms with Crippen LogP contribution in [0.25, 0.3) is 0 Å². The maximum Gasteiger partial charge on any atom is 0.347 e. The van der Waals surface area contributed by atoms with Crippen LogP contribution in [0.5, 0.6) is 0 Å². The second-order valence-electron chi connectivity index (χ2n) is 5.13. The summed E-state index contributed by atoms with van der Waals surface area (Å²) in [7, 11) is -4.46. The summed E-state index contributed by atoms with van der Waals surface area (Å²) in [6.45, 7) is 1.93. The maximum atomic E-state index is 12.1. The molecule has 1 atom stereocenters. The van der Waals surface area contributed by atoms with Crippen molar-refractivity contribution in [2.45, 2.75) is 19.1 Å². The standard InChI is InChI=1S/C16H18NO4P/c1-12-7-9-13(10-8-12)11-15(22(19,20)21)17-16(18)14-5-3-2-4-6-14/h2-10,15H,11H2,1H3,(H,17,18)(H2,19,20,21). The predicted molar refractivity (Wildman–Crippen MR) is 84.6 cm³/mol. The summed E-state index contributed by atoms with van der Waals surface area (Å²) >= 11 is 0. The quantitative estimate of drug-likeness (QED) is 0.739. The molecule has 1 amide bonds. The Morgan fingerprint density at radius 2 is 1.68 bits per heavy atom. The zero-order chi connectivity index (χ0) is 16.2. The van der Waals surface area contributed by atoms with Crippen LogP contribution >= 0.6 is 7.60 Å². The third kappa shape index (κ3) is 4.53. The Labute approximate surface area is 129 Å². The van der Waals surface area contributed by atoms with Gasteiger partial charge < -0.3 is 15.1 Å². The predicted octanol–water partition coefficient (Wildman–Crippen LogP) is 2.47. The van der Waals surface area contributed by atoms with Crippen LogP contribution in [0.1, 0.15) is 21.5 Å². The number of rotatable bonds is 5. The van der Waals surface area contributed by atoms with Crippen molar-refractivity contribution < 1.29 is 19.1 Å². The number of carbonyl (C=O) groups is 1. The first-order chi connectivity index (χ1) is 10.4. The lowest BCUT2D eigenvalue weighted by atomic mass is 10.1. The Hall–Kier alpha value is -1.94. The second kappa shape index (κ2) is 6.88. The maximum absolute atomic E-state index is 12.1. The Morgan fingerprint density at radius 3 is 2.23 bits per heavy atom. The molecule has 0 aromatic heterocycles. The van der Waals surface area contributed by atoms with Crippen LogP contribution in [-0.4, -0.2) is 21.5 Å². The van der Waals surface area contributed by atoms with Gasteiger partial charge in [0, 0.05) is 12.0 Å². The first-order valence-electron chi connectivity index (χ1n) is 6.83. The highest BCUT2D eigenvalue weighted by atomic mass is 31.2. The molecule has 5 nitrogen and oxygen atoms in total. The van der Waals surface area contributed by atoms with Crippen LogP contribution in [0.4, 0.5) is 0 Å². The lowest BCUT2D eigenvalue weighted by Gasteiger charge is -2.20. The van der Waals surface area contributed by atoms with Crippen molar-refractivity contribution in [2.75, 3.05) is 0 Å². The van der Waals surface area contributed by atoms with E-state index in [0.29, 0.717) is 5.56 Å². The van der Waals surface area contributed by atoms with Gasteiger partial charge in [-0.05, 0) is 24.6 Å². The van der Waals surface area contributed by atoms with E-state index in [9.17, 15) is 19.1 Å². The molecule has 0 aliphatic heterocycles. The third-order valence-electron chi connectivity index (χ3n) is 3.29. The molecule has 1 unspecified atom stereocenters. The average molecular weight is 319 g/mol. The van der Waals surface area contributed by atoms with Crippen LogP contribution in [0.2, 0.25) is 0 Å². The molecule has 0 saturated heterocycles. The summed E-state index contributed by atoms with van der Waals surface area (Å²) in [6, 6.07) is 15.7. The van der Waals surface area contributed by atoms with Gasteiger partial charge in [-0.2, -0.15) is 0 Å². The monoisotopic (exact) mass is 319 g/mol. The Morgan fingerprint density at radius 1 is 1.09 bits per heavy atom. The summed E-state index contributed by atoms with van der Waals surface area (Å²) in [4.78, 5) is 31.1. The Kier molecular flexibility index (Phi) is 5.14. The highest BCUT2D eigenvalue weighted by Crippen LogP contribution is 2.41. The zero-order valence-corrected chi connectivity index (χ0v) is 13.0. The topological polar surface area (TPSA) is 86.6 Å². The summed E-state index contributed by atoms with van der Waals surface area (Å²) in [6.07, 6.45) is 0.0726. The molecule has 0 bridgehead atoms. The van der Waals surface area contributed by atoms with Crippen LogP contribution in [0.3, 0.4) is 0 Å². The highest BCUT2D eigenvalue weighted by Gasteiger charge is 2.30. The number of benzene rings is 2. The molecular weight excluding hydrogens is 301 g/mol. The van der Waals surface area contributed by atoms with Gasteiger partial charge in [0.15, 0.2) is 0 Å². The largest absolute Gasteiger partial charge is 0.347 e. The first-order valence-corrected chi connectivity index (χ1v) is 8.51. The van der Waals surface area contributed by atoms with Gasteiger partial charge in [-0.15, -0.1) is 0 Å². The molecule has 22 heavy (non-hydrogen) atoms. The van der Waals surface area contributed by atoms with E-state index in [-0.39, 0.29) is 6.42 Å². The van der Waals surface area contributed by atoms with Crippen LogP contribution in [0, 0.1) is 6.92 Å². The second-order valence-corrected chi connectivity index (χ2v) is 6.94. The molecule has 2 rings (SSSR count). The van der Waals surface area contributed by atoms with E-state index in [1.54, 1.807) is 42.5 Å².